The first-order valence-electron chi connectivity index (χ1n) is 6.85. The van der Waals surface area contributed by atoms with Crippen LogP contribution in [0.15, 0.2) is 24.3 Å². The van der Waals surface area contributed by atoms with E-state index in [0.717, 1.165) is 44.8 Å². The van der Waals surface area contributed by atoms with Crippen LogP contribution in [0.4, 0.5) is 0 Å². The standard InChI is InChI=1S/C15H23NO2/c1-2-8-18-14-5-3-13(4-6-14)15(16)10-12-7-9-17-11-12/h3-6,12,15H,2,7-11,16H2,1H3. The van der Waals surface area contributed by atoms with E-state index in [1.165, 1.54) is 5.56 Å². The molecule has 1 aromatic carbocycles. The molecule has 0 saturated carbocycles. The molecule has 18 heavy (non-hydrogen) atoms. The molecule has 0 spiro atoms. The number of hydrogen-bond donors (Lipinski definition) is 1. The lowest BCUT2D eigenvalue weighted by molar-refractivity contribution is 0.182. The topological polar surface area (TPSA) is 44.5 Å². The molecule has 0 radical (unpaired) electrons. The molecule has 0 amide bonds. The lowest BCUT2D eigenvalue weighted by Crippen LogP contribution is -2.15. The van der Waals surface area contributed by atoms with Gasteiger partial charge in [-0.25, -0.2) is 0 Å². The first kappa shape index (κ1) is 13.4. The van der Waals surface area contributed by atoms with E-state index in [1.54, 1.807) is 0 Å². The summed E-state index contributed by atoms with van der Waals surface area (Å²) in [7, 11) is 0. The van der Waals surface area contributed by atoms with E-state index in [0.29, 0.717) is 5.92 Å². The molecule has 1 heterocycles. The van der Waals surface area contributed by atoms with Crippen molar-refractivity contribution in [2.45, 2.75) is 32.2 Å². The normalized spacial score (nSPS) is 20.9. The first-order valence-corrected chi connectivity index (χ1v) is 6.85. The van der Waals surface area contributed by atoms with Crippen molar-refractivity contribution < 1.29 is 9.47 Å². The van der Waals surface area contributed by atoms with Crippen LogP contribution in [0.5, 0.6) is 5.75 Å². The molecule has 100 valence electrons. The summed E-state index contributed by atoms with van der Waals surface area (Å²) >= 11 is 0. The maximum atomic E-state index is 6.23. The molecule has 2 N–H and O–H groups in total. The molecule has 3 nitrogen and oxygen atoms in total. The van der Waals surface area contributed by atoms with Crippen LogP contribution in [0.3, 0.4) is 0 Å². The molecular weight excluding hydrogens is 226 g/mol. The lowest BCUT2D eigenvalue weighted by atomic mass is 9.95. The highest BCUT2D eigenvalue weighted by Gasteiger charge is 2.19. The molecule has 0 aromatic heterocycles. The van der Waals surface area contributed by atoms with Crippen molar-refractivity contribution in [3.8, 4) is 5.75 Å². The summed E-state index contributed by atoms with van der Waals surface area (Å²) in [5, 5.41) is 0. The highest BCUT2D eigenvalue weighted by molar-refractivity contribution is 5.29. The second-order valence-corrected chi connectivity index (χ2v) is 4.99. The second-order valence-electron chi connectivity index (χ2n) is 4.99. The van der Waals surface area contributed by atoms with Crippen LogP contribution in [-0.2, 0) is 4.74 Å². The van der Waals surface area contributed by atoms with Gasteiger partial charge in [0.2, 0.25) is 0 Å². The smallest absolute Gasteiger partial charge is 0.119 e. The minimum Gasteiger partial charge on any atom is -0.494 e. The quantitative estimate of drug-likeness (QED) is 0.843. The van der Waals surface area contributed by atoms with Gasteiger partial charge < -0.3 is 15.2 Å². The molecule has 2 atom stereocenters. The third kappa shape index (κ3) is 3.72. The molecule has 2 rings (SSSR count). The zero-order valence-electron chi connectivity index (χ0n) is 11.1. The van der Waals surface area contributed by atoms with Gasteiger partial charge in [-0.1, -0.05) is 19.1 Å². The minimum atomic E-state index is 0.108. The Hall–Kier alpha value is -1.06. The van der Waals surface area contributed by atoms with Gasteiger partial charge in [0.1, 0.15) is 5.75 Å². The van der Waals surface area contributed by atoms with Crippen LogP contribution in [0, 0.1) is 5.92 Å². The Balaban J connectivity index is 1.87. The van der Waals surface area contributed by atoms with Crippen molar-refractivity contribution in [2.75, 3.05) is 19.8 Å². The fourth-order valence-electron chi connectivity index (χ4n) is 2.30. The third-order valence-corrected chi connectivity index (χ3v) is 3.39. The van der Waals surface area contributed by atoms with Crippen LogP contribution in [0.2, 0.25) is 0 Å². The van der Waals surface area contributed by atoms with Gasteiger partial charge in [-0.05, 0) is 42.9 Å². The third-order valence-electron chi connectivity index (χ3n) is 3.39. The summed E-state index contributed by atoms with van der Waals surface area (Å²) < 4.78 is 10.9. The first-order chi connectivity index (χ1) is 8.79. The maximum absolute atomic E-state index is 6.23. The van der Waals surface area contributed by atoms with Crippen molar-refractivity contribution >= 4 is 0 Å². The van der Waals surface area contributed by atoms with Gasteiger partial charge in [-0.3, -0.25) is 0 Å². The summed E-state index contributed by atoms with van der Waals surface area (Å²) in [5.74, 6) is 1.55. The van der Waals surface area contributed by atoms with Gasteiger partial charge in [0, 0.05) is 19.3 Å². The summed E-state index contributed by atoms with van der Waals surface area (Å²) in [6.07, 6.45) is 3.18. The highest BCUT2D eigenvalue weighted by Crippen LogP contribution is 2.25. The molecule has 1 aliphatic rings. The zero-order valence-corrected chi connectivity index (χ0v) is 11.1. The van der Waals surface area contributed by atoms with Crippen molar-refractivity contribution in [1.82, 2.24) is 0 Å². The van der Waals surface area contributed by atoms with Gasteiger partial charge in [0.15, 0.2) is 0 Å². The van der Waals surface area contributed by atoms with Crippen LogP contribution >= 0.6 is 0 Å². The predicted octanol–water partition coefficient (Wildman–Crippen LogP) is 2.90. The Morgan fingerprint density at radius 3 is 2.78 bits per heavy atom. The van der Waals surface area contributed by atoms with Crippen LogP contribution in [0.1, 0.15) is 37.8 Å². The van der Waals surface area contributed by atoms with E-state index in [2.05, 4.69) is 19.1 Å². The summed E-state index contributed by atoms with van der Waals surface area (Å²) in [6.45, 7) is 4.63. The van der Waals surface area contributed by atoms with Gasteiger partial charge in [-0.2, -0.15) is 0 Å². The second kappa shape index (κ2) is 6.76. The summed E-state index contributed by atoms with van der Waals surface area (Å²) in [5.41, 5.74) is 7.41. The van der Waals surface area contributed by atoms with Crippen molar-refractivity contribution in [1.29, 1.82) is 0 Å². The monoisotopic (exact) mass is 249 g/mol. The Morgan fingerprint density at radius 2 is 2.17 bits per heavy atom. The van der Waals surface area contributed by atoms with Gasteiger partial charge in [-0.15, -0.1) is 0 Å². The Morgan fingerprint density at radius 1 is 1.39 bits per heavy atom. The molecule has 2 unspecified atom stereocenters. The van der Waals surface area contributed by atoms with Crippen molar-refractivity contribution in [3.05, 3.63) is 29.8 Å². The van der Waals surface area contributed by atoms with Gasteiger partial charge in [0.25, 0.3) is 0 Å². The minimum absolute atomic E-state index is 0.108. The number of hydrogen-bond acceptors (Lipinski definition) is 3. The lowest BCUT2D eigenvalue weighted by Gasteiger charge is -2.16. The zero-order chi connectivity index (χ0) is 12.8. The Labute approximate surface area is 109 Å². The van der Waals surface area contributed by atoms with Crippen LogP contribution in [0.25, 0.3) is 0 Å². The largest absolute Gasteiger partial charge is 0.494 e. The SMILES string of the molecule is CCCOc1ccc(C(N)CC2CCOC2)cc1. The predicted molar refractivity (Wildman–Crippen MR) is 72.7 cm³/mol. The molecule has 0 aliphatic carbocycles. The number of nitrogens with two attached hydrogens (primary N) is 1. The van der Waals surface area contributed by atoms with Crippen LogP contribution < -0.4 is 10.5 Å². The number of rotatable bonds is 6. The average molecular weight is 249 g/mol. The van der Waals surface area contributed by atoms with Gasteiger partial charge in [0.05, 0.1) is 6.61 Å². The van der Waals surface area contributed by atoms with E-state index in [4.69, 9.17) is 15.2 Å². The van der Waals surface area contributed by atoms with E-state index in [-0.39, 0.29) is 6.04 Å². The molecule has 3 heteroatoms. The fourth-order valence-corrected chi connectivity index (χ4v) is 2.30. The van der Waals surface area contributed by atoms with Crippen molar-refractivity contribution in [3.63, 3.8) is 0 Å². The Bertz CT molecular complexity index is 344. The summed E-state index contributed by atoms with van der Waals surface area (Å²) in [4.78, 5) is 0. The maximum Gasteiger partial charge on any atom is 0.119 e. The van der Waals surface area contributed by atoms with Crippen LogP contribution in [-0.4, -0.2) is 19.8 Å². The van der Waals surface area contributed by atoms with Gasteiger partial charge >= 0.3 is 0 Å². The van der Waals surface area contributed by atoms with E-state index >= 15 is 0 Å². The van der Waals surface area contributed by atoms with E-state index in [9.17, 15) is 0 Å². The van der Waals surface area contributed by atoms with E-state index in [1.807, 2.05) is 12.1 Å². The van der Waals surface area contributed by atoms with Crippen molar-refractivity contribution in [2.24, 2.45) is 11.7 Å². The molecule has 1 fully saturated rings. The van der Waals surface area contributed by atoms with E-state index < -0.39 is 0 Å². The highest BCUT2D eigenvalue weighted by atomic mass is 16.5. The number of benzene rings is 1. The summed E-state index contributed by atoms with van der Waals surface area (Å²) in [6, 6.07) is 8.28. The molecule has 1 aliphatic heterocycles. The molecule has 1 aromatic rings. The number of ether oxygens (including phenoxy) is 2. The molecular formula is C15H23NO2. The fraction of sp³-hybridized carbons (Fsp3) is 0.600. The Kier molecular flexibility index (Phi) is 5.02. The molecule has 0 bridgehead atoms. The average Bonchev–Trinajstić information content (AvgIpc) is 2.89. The molecule has 1 saturated heterocycles.